The number of benzene rings is 1. The molecule has 154 valence electrons. The summed E-state index contributed by atoms with van der Waals surface area (Å²) < 4.78 is 52.0. The number of nitrogens with one attached hydrogen (secondary N) is 1. The van der Waals surface area contributed by atoms with E-state index in [1.54, 1.807) is 29.8 Å². The fourth-order valence-corrected chi connectivity index (χ4v) is 5.67. The van der Waals surface area contributed by atoms with Crippen LogP contribution in [-0.2, 0) is 14.6 Å². The molecule has 2 saturated carbocycles. The zero-order valence-electron chi connectivity index (χ0n) is 15.4. The highest BCUT2D eigenvalue weighted by molar-refractivity contribution is 7.92. The number of rotatable bonds is 6. The van der Waals surface area contributed by atoms with Gasteiger partial charge in [0.2, 0.25) is 0 Å². The summed E-state index contributed by atoms with van der Waals surface area (Å²) in [5.74, 6) is -0.859. The normalized spacial score (nSPS) is 25.2. The van der Waals surface area contributed by atoms with E-state index in [0.29, 0.717) is 23.5 Å². The van der Waals surface area contributed by atoms with E-state index in [0.717, 1.165) is 0 Å². The van der Waals surface area contributed by atoms with Gasteiger partial charge in [-0.2, -0.15) is 0 Å². The SMILES string of the molecule is O=C(Nc1nccs1)C(=CC1C[C@@H](F)[C@@H](F)C1)c1ccc(S(=O)(=O)C2CC2)cc1. The van der Waals surface area contributed by atoms with E-state index in [1.165, 1.54) is 23.5 Å². The van der Waals surface area contributed by atoms with Crippen molar-refractivity contribution < 1.29 is 22.0 Å². The highest BCUT2D eigenvalue weighted by Crippen LogP contribution is 2.36. The van der Waals surface area contributed by atoms with Gasteiger partial charge in [-0.15, -0.1) is 11.3 Å². The van der Waals surface area contributed by atoms with Crippen LogP contribution in [0.4, 0.5) is 13.9 Å². The molecule has 1 N–H and O–H groups in total. The Morgan fingerprint density at radius 1 is 1.14 bits per heavy atom. The second-order valence-electron chi connectivity index (χ2n) is 7.40. The molecular formula is C20H20F2N2O3S2. The van der Waals surface area contributed by atoms with Crippen LogP contribution in [0.1, 0.15) is 31.2 Å². The quantitative estimate of drug-likeness (QED) is 0.687. The highest BCUT2D eigenvalue weighted by Gasteiger charge is 2.37. The minimum absolute atomic E-state index is 0.0172. The van der Waals surface area contributed by atoms with Gasteiger partial charge >= 0.3 is 0 Å². The van der Waals surface area contributed by atoms with Crippen molar-refractivity contribution in [3.05, 3.63) is 47.5 Å². The van der Waals surface area contributed by atoms with Crippen LogP contribution in [0.15, 0.2) is 46.8 Å². The molecule has 0 spiro atoms. The van der Waals surface area contributed by atoms with Gasteiger partial charge in [-0.3, -0.25) is 10.1 Å². The van der Waals surface area contributed by atoms with Crippen molar-refractivity contribution in [3.63, 3.8) is 0 Å². The molecule has 0 saturated heterocycles. The van der Waals surface area contributed by atoms with Crippen molar-refractivity contribution in [1.29, 1.82) is 0 Å². The number of hydrogen-bond acceptors (Lipinski definition) is 5. The van der Waals surface area contributed by atoms with Gasteiger partial charge in [-0.25, -0.2) is 22.2 Å². The summed E-state index contributed by atoms with van der Waals surface area (Å²) in [4.78, 5) is 17.1. The number of carbonyl (C=O) groups is 1. The van der Waals surface area contributed by atoms with Crippen molar-refractivity contribution in [2.75, 3.05) is 5.32 Å². The Morgan fingerprint density at radius 3 is 2.34 bits per heavy atom. The lowest BCUT2D eigenvalue weighted by molar-refractivity contribution is -0.111. The van der Waals surface area contributed by atoms with Crippen LogP contribution in [0, 0.1) is 5.92 Å². The zero-order chi connectivity index (χ0) is 20.6. The van der Waals surface area contributed by atoms with Gasteiger partial charge in [0.05, 0.1) is 10.1 Å². The van der Waals surface area contributed by atoms with Crippen LogP contribution in [0.25, 0.3) is 5.57 Å². The molecular weight excluding hydrogens is 418 g/mol. The zero-order valence-corrected chi connectivity index (χ0v) is 17.1. The predicted molar refractivity (Wildman–Crippen MR) is 108 cm³/mol. The number of allylic oxidation sites excluding steroid dienone is 1. The number of amides is 1. The lowest BCUT2D eigenvalue weighted by atomic mass is 9.98. The van der Waals surface area contributed by atoms with Gasteiger partial charge in [0.25, 0.3) is 5.91 Å². The Bertz CT molecular complexity index is 1010. The Balaban J connectivity index is 1.63. The van der Waals surface area contributed by atoms with Crippen LogP contribution < -0.4 is 5.32 Å². The van der Waals surface area contributed by atoms with Crippen molar-refractivity contribution in [2.45, 2.75) is 48.2 Å². The number of aromatic nitrogens is 1. The maximum absolute atomic E-state index is 13.6. The molecule has 3 atom stereocenters. The van der Waals surface area contributed by atoms with Gasteiger partial charge < -0.3 is 0 Å². The molecule has 1 aromatic carbocycles. The van der Waals surface area contributed by atoms with Crippen LogP contribution >= 0.6 is 11.3 Å². The smallest absolute Gasteiger partial charge is 0.257 e. The van der Waals surface area contributed by atoms with Crippen LogP contribution in [-0.4, -0.2) is 36.9 Å². The summed E-state index contributed by atoms with van der Waals surface area (Å²) in [6.45, 7) is 0. The first kappa shape index (κ1) is 20.2. The minimum Gasteiger partial charge on any atom is -0.298 e. The van der Waals surface area contributed by atoms with E-state index in [2.05, 4.69) is 10.3 Å². The molecule has 2 aliphatic rings. The Kier molecular flexibility index (Phi) is 5.52. The number of anilines is 1. The number of hydrogen-bond donors (Lipinski definition) is 1. The summed E-state index contributed by atoms with van der Waals surface area (Å²) >= 11 is 1.25. The van der Waals surface area contributed by atoms with Crippen LogP contribution in [0.2, 0.25) is 0 Å². The topological polar surface area (TPSA) is 76.1 Å². The number of halogens is 2. The van der Waals surface area contributed by atoms with Crippen LogP contribution in [0.3, 0.4) is 0 Å². The lowest BCUT2D eigenvalue weighted by Gasteiger charge is -2.12. The third kappa shape index (κ3) is 4.40. The molecule has 2 aliphatic carbocycles. The van der Waals surface area contributed by atoms with E-state index in [1.807, 2.05) is 0 Å². The Morgan fingerprint density at radius 2 is 1.79 bits per heavy atom. The molecule has 2 aromatic rings. The first-order valence-electron chi connectivity index (χ1n) is 9.39. The third-order valence-electron chi connectivity index (χ3n) is 5.21. The second-order valence-corrected chi connectivity index (χ2v) is 10.5. The van der Waals surface area contributed by atoms with Crippen molar-refractivity contribution >= 4 is 37.8 Å². The fourth-order valence-electron chi connectivity index (χ4n) is 3.49. The van der Waals surface area contributed by atoms with Gasteiger partial charge in [-0.05, 0) is 49.3 Å². The van der Waals surface area contributed by atoms with Crippen molar-refractivity contribution in [1.82, 2.24) is 4.98 Å². The molecule has 0 aliphatic heterocycles. The molecule has 0 bridgehead atoms. The molecule has 5 nitrogen and oxygen atoms in total. The molecule has 1 heterocycles. The average molecular weight is 439 g/mol. The van der Waals surface area contributed by atoms with Crippen LogP contribution in [0.5, 0.6) is 0 Å². The van der Waals surface area contributed by atoms with E-state index in [-0.39, 0.29) is 28.6 Å². The summed E-state index contributed by atoms with van der Waals surface area (Å²) in [5.41, 5.74) is 0.744. The fraction of sp³-hybridized carbons (Fsp3) is 0.400. The van der Waals surface area contributed by atoms with Gasteiger partial charge in [-0.1, -0.05) is 18.2 Å². The number of carbonyl (C=O) groups excluding carboxylic acids is 1. The summed E-state index contributed by atoms with van der Waals surface area (Å²) in [7, 11) is -3.33. The highest BCUT2D eigenvalue weighted by atomic mass is 32.2. The second kappa shape index (κ2) is 7.95. The first-order chi connectivity index (χ1) is 13.8. The summed E-state index contributed by atoms with van der Waals surface area (Å²) in [6, 6.07) is 6.10. The largest absolute Gasteiger partial charge is 0.298 e. The number of sulfone groups is 1. The summed E-state index contributed by atoms with van der Waals surface area (Å²) in [5, 5.41) is 4.49. The third-order valence-corrected chi connectivity index (χ3v) is 8.17. The Labute approximate surface area is 171 Å². The molecule has 1 aromatic heterocycles. The minimum atomic E-state index is -3.33. The molecule has 29 heavy (non-hydrogen) atoms. The molecule has 4 rings (SSSR count). The number of alkyl halides is 2. The molecule has 9 heteroatoms. The Hall–Kier alpha value is -2.13. The average Bonchev–Trinajstić information content (AvgIpc) is 3.36. The lowest BCUT2D eigenvalue weighted by Crippen LogP contribution is -2.15. The number of nitrogens with zero attached hydrogens (tertiary/aromatic N) is 1. The summed E-state index contributed by atoms with van der Waals surface area (Å²) in [6.07, 6.45) is 1.44. The van der Waals surface area contributed by atoms with Gasteiger partial charge in [0.15, 0.2) is 15.0 Å². The standard InChI is InChI=1S/C20H20F2N2O3S2/c21-17-10-12(11-18(17)22)9-16(19(25)24-20-23-7-8-28-20)13-1-3-14(4-2-13)29(26,27)15-5-6-15/h1-4,7-9,12,15,17-18H,5-6,10-11H2,(H,23,24,25)/t12?,17-,18+. The van der Waals surface area contributed by atoms with Gasteiger partial charge in [0, 0.05) is 17.2 Å². The molecule has 2 fully saturated rings. The maximum Gasteiger partial charge on any atom is 0.257 e. The molecule has 0 radical (unpaired) electrons. The van der Waals surface area contributed by atoms with Crippen molar-refractivity contribution in [3.8, 4) is 0 Å². The van der Waals surface area contributed by atoms with Crippen molar-refractivity contribution in [2.24, 2.45) is 5.92 Å². The monoisotopic (exact) mass is 438 g/mol. The van der Waals surface area contributed by atoms with E-state index in [9.17, 15) is 22.0 Å². The maximum atomic E-state index is 13.6. The first-order valence-corrected chi connectivity index (χ1v) is 11.8. The predicted octanol–water partition coefficient (Wildman–Crippen LogP) is 4.19. The van der Waals surface area contributed by atoms with E-state index in [4.69, 9.17) is 0 Å². The van der Waals surface area contributed by atoms with E-state index >= 15 is 0 Å². The van der Waals surface area contributed by atoms with Gasteiger partial charge in [0.1, 0.15) is 12.3 Å². The van der Waals surface area contributed by atoms with E-state index < -0.39 is 34.0 Å². The number of thiazole rings is 1. The molecule has 1 unspecified atom stereocenters. The molecule has 1 amide bonds.